The van der Waals surface area contributed by atoms with Crippen molar-refractivity contribution in [1.29, 1.82) is 0 Å². The number of fused-ring (bicyclic) bond motifs is 1. The summed E-state index contributed by atoms with van der Waals surface area (Å²) in [4.78, 5) is 23.8. The molecular weight excluding hydrogens is 418 g/mol. The van der Waals surface area contributed by atoms with E-state index >= 15 is 0 Å². The molecule has 0 saturated carbocycles. The van der Waals surface area contributed by atoms with E-state index in [4.69, 9.17) is 4.52 Å². The van der Waals surface area contributed by atoms with Crippen molar-refractivity contribution in [3.05, 3.63) is 54.3 Å². The van der Waals surface area contributed by atoms with Gasteiger partial charge in [-0.3, -0.25) is 9.48 Å². The average Bonchev–Trinajstić information content (AvgIpc) is 3.54. The summed E-state index contributed by atoms with van der Waals surface area (Å²) >= 11 is 0. The average molecular weight is 446 g/mol. The Morgan fingerprint density at radius 2 is 2.09 bits per heavy atom. The normalized spacial score (nSPS) is 16.5. The largest absolute Gasteiger partial charge is 0.365 e. The number of benzene rings is 1. The third-order valence-corrected chi connectivity index (χ3v) is 5.89. The fourth-order valence-corrected chi connectivity index (χ4v) is 4.08. The highest BCUT2D eigenvalue weighted by atomic mass is 16.5. The molecule has 1 atom stereocenters. The number of carbonyl (C=O) groups is 1. The first-order valence-electron chi connectivity index (χ1n) is 11.1. The van der Waals surface area contributed by atoms with E-state index in [0.717, 1.165) is 28.6 Å². The number of nitrogens with one attached hydrogen (secondary N) is 1. The van der Waals surface area contributed by atoms with Crippen LogP contribution in [0.1, 0.15) is 43.4 Å². The number of anilines is 1. The van der Waals surface area contributed by atoms with Crippen molar-refractivity contribution in [3.8, 4) is 11.4 Å². The van der Waals surface area contributed by atoms with Crippen molar-refractivity contribution in [2.75, 3.05) is 18.4 Å². The summed E-state index contributed by atoms with van der Waals surface area (Å²) in [6.45, 7) is 9.26. The number of pyridine rings is 1. The highest BCUT2D eigenvalue weighted by molar-refractivity contribution is 5.95. The Hall–Kier alpha value is -3.75. The first kappa shape index (κ1) is 21.1. The second kappa shape index (κ2) is 7.99. The third kappa shape index (κ3) is 4.18. The molecule has 1 aliphatic heterocycles. The number of aromatic nitrogens is 5. The molecule has 9 nitrogen and oxygen atoms in total. The number of aryl methyl sites for hydroxylation is 1. The molecule has 3 aromatic heterocycles. The monoisotopic (exact) mass is 445 g/mol. The summed E-state index contributed by atoms with van der Waals surface area (Å²) in [6, 6.07) is 8.11. The second-order valence-corrected chi connectivity index (χ2v) is 9.46. The van der Waals surface area contributed by atoms with Crippen molar-refractivity contribution in [2.45, 2.75) is 45.7 Å². The maximum atomic E-state index is 13.0. The fraction of sp³-hybridized carbons (Fsp3) is 0.375. The number of carbonyl (C=O) groups excluding carboxylic acids is 1. The van der Waals surface area contributed by atoms with Crippen LogP contribution in [0.4, 0.5) is 5.82 Å². The number of hydrogen-bond donors (Lipinski definition) is 1. The molecule has 0 aliphatic carbocycles. The molecule has 33 heavy (non-hydrogen) atoms. The van der Waals surface area contributed by atoms with Gasteiger partial charge in [0.15, 0.2) is 0 Å². The van der Waals surface area contributed by atoms with Gasteiger partial charge >= 0.3 is 0 Å². The molecule has 1 amide bonds. The summed E-state index contributed by atoms with van der Waals surface area (Å²) in [5.74, 6) is 1.88. The smallest absolute Gasteiger partial charge is 0.257 e. The quantitative estimate of drug-likeness (QED) is 0.509. The summed E-state index contributed by atoms with van der Waals surface area (Å²) < 4.78 is 6.95. The number of rotatable bonds is 4. The number of hydrogen-bond acceptors (Lipinski definition) is 7. The van der Waals surface area contributed by atoms with Gasteiger partial charge in [0, 0.05) is 49.4 Å². The lowest BCUT2D eigenvalue weighted by Gasteiger charge is -2.19. The van der Waals surface area contributed by atoms with E-state index in [2.05, 4.69) is 46.3 Å². The van der Waals surface area contributed by atoms with Crippen LogP contribution in [0.5, 0.6) is 0 Å². The van der Waals surface area contributed by atoms with Gasteiger partial charge < -0.3 is 14.7 Å². The van der Waals surface area contributed by atoms with Gasteiger partial charge in [-0.15, -0.1) is 0 Å². The van der Waals surface area contributed by atoms with Gasteiger partial charge in [-0.05, 0) is 44.7 Å². The van der Waals surface area contributed by atoms with E-state index in [1.54, 1.807) is 19.3 Å². The Morgan fingerprint density at radius 1 is 1.24 bits per heavy atom. The fourth-order valence-electron chi connectivity index (χ4n) is 4.08. The number of amides is 1. The van der Waals surface area contributed by atoms with Gasteiger partial charge in [0.05, 0.1) is 17.3 Å². The van der Waals surface area contributed by atoms with Crippen LogP contribution in [0.25, 0.3) is 22.2 Å². The van der Waals surface area contributed by atoms with Gasteiger partial charge in [-0.25, -0.2) is 4.98 Å². The third-order valence-electron chi connectivity index (χ3n) is 5.89. The van der Waals surface area contributed by atoms with Crippen LogP contribution in [-0.4, -0.2) is 54.8 Å². The molecule has 5 rings (SSSR count). The van der Waals surface area contributed by atoms with E-state index in [0.29, 0.717) is 30.4 Å². The van der Waals surface area contributed by atoms with Crippen LogP contribution >= 0.6 is 0 Å². The molecule has 1 aromatic carbocycles. The van der Waals surface area contributed by atoms with E-state index in [9.17, 15) is 4.79 Å². The molecule has 170 valence electrons. The van der Waals surface area contributed by atoms with Crippen molar-refractivity contribution < 1.29 is 9.32 Å². The highest BCUT2D eigenvalue weighted by Gasteiger charge is 2.29. The van der Waals surface area contributed by atoms with Crippen LogP contribution in [0, 0.1) is 6.92 Å². The Labute approximate surface area is 191 Å². The lowest BCUT2D eigenvalue weighted by atomic mass is 10.1. The summed E-state index contributed by atoms with van der Waals surface area (Å²) in [5, 5.41) is 14.0. The molecule has 0 bridgehead atoms. The zero-order valence-corrected chi connectivity index (χ0v) is 19.2. The van der Waals surface area contributed by atoms with Crippen molar-refractivity contribution >= 4 is 22.5 Å². The SMILES string of the molecule is Cc1nc(-c2ccc3ccnc(N[C@H]4CCN(C(=O)c5cnn(C(C)(C)C)c5)C4)c3c2)no1. The van der Waals surface area contributed by atoms with E-state index < -0.39 is 0 Å². The minimum Gasteiger partial charge on any atom is -0.365 e. The van der Waals surface area contributed by atoms with E-state index in [-0.39, 0.29) is 17.5 Å². The predicted octanol–water partition coefficient (Wildman–Crippen LogP) is 3.87. The number of likely N-dealkylation sites (tertiary alicyclic amines) is 1. The van der Waals surface area contributed by atoms with Crippen molar-refractivity contribution in [2.24, 2.45) is 0 Å². The van der Waals surface area contributed by atoms with Crippen LogP contribution in [-0.2, 0) is 5.54 Å². The standard InChI is InChI=1S/C24H27N7O2/c1-15-27-21(29-33-15)17-6-5-16-7-9-25-22(20(16)11-17)28-19-8-10-30(14-19)23(32)18-12-26-31(13-18)24(2,3)4/h5-7,9,11-13,19H,8,10,14H2,1-4H3,(H,25,28)/t19-/m0/s1. The Balaban J connectivity index is 1.33. The van der Waals surface area contributed by atoms with Gasteiger partial charge in [-0.2, -0.15) is 10.1 Å². The van der Waals surface area contributed by atoms with Crippen LogP contribution < -0.4 is 5.32 Å². The predicted molar refractivity (Wildman–Crippen MR) is 125 cm³/mol. The molecule has 1 fully saturated rings. The van der Waals surface area contributed by atoms with E-state index in [1.165, 1.54) is 0 Å². The van der Waals surface area contributed by atoms with Gasteiger partial charge in [0.2, 0.25) is 11.7 Å². The second-order valence-electron chi connectivity index (χ2n) is 9.46. The molecule has 9 heteroatoms. The highest BCUT2D eigenvalue weighted by Crippen LogP contribution is 2.28. The minimum absolute atomic E-state index is 0.00967. The lowest BCUT2D eigenvalue weighted by Crippen LogP contribution is -2.31. The maximum absolute atomic E-state index is 13.0. The first-order valence-corrected chi connectivity index (χ1v) is 11.1. The van der Waals surface area contributed by atoms with Gasteiger partial charge in [-0.1, -0.05) is 17.3 Å². The molecular formula is C24H27N7O2. The van der Waals surface area contributed by atoms with Gasteiger partial charge in [0.25, 0.3) is 5.91 Å². The van der Waals surface area contributed by atoms with Gasteiger partial charge in [0.1, 0.15) is 5.82 Å². The van der Waals surface area contributed by atoms with Crippen molar-refractivity contribution in [3.63, 3.8) is 0 Å². The topological polar surface area (TPSA) is 102 Å². The Morgan fingerprint density at radius 3 is 2.82 bits per heavy atom. The molecule has 0 unspecified atom stereocenters. The number of nitrogens with zero attached hydrogens (tertiary/aromatic N) is 6. The molecule has 1 saturated heterocycles. The zero-order chi connectivity index (χ0) is 23.2. The van der Waals surface area contributed by atoms with Crippen LogP contribution in [0.2, 0.25) is 0 Å². The molecule has 0 spiro atoms. The minimum atomic E-state index is -0.160. The Bertz CT molecular complexity index is 1320. The molecule has 4 aromatic rings. The zero-order valence-electron chi connectivity index (χ0n) is 19.2. The van der Waals surface area contributed by atoms with Crippen LogP contribution in [0.15, 0.2) is 47.4 Å². The molecule has 1 aliphatic rings. The molecule has 1 N–H and O–H groups in total. The van der Waals surface area contributed by atoms with E-state index in [1.807, 2.05) is 40.0 Å². The Kier molecular flexibility index (Phi) is 5.11. The summed E-state index contributed by atoms with van der Waals surface area (Å²) in [7, 11) is 0. The first-order chi connectivity index (χ1) is 15.8. The summed E-state index contributed by atoms with van der Waals surface area (Å²) in [6.07, 6.45) is 6.13. The maximum Gasteiger partial charge on any atom is 0.257 e. The molecule has 4 heterocycles. The summed E-state index contributed by atoms with van der Waals surface area (Å²) in [5.41, 5.74) is 1.33. The van der Waals surface area contributed by atoms with Crippen molar-refractivity contribution in [1.82, 2.24) is 29.8 Å². The molecule has 0 radical (unpaired) electrons. The lowest BCUT2D eigenvalue weighted by molar-refractivity contribution is 0.0791. The van der Waals surface area contributed by atoms with Crippen LogP contribution in [0.3, 0.4) is 0 Å².